The Hall–Kier alpha value is -3.81. The first kappa shape index (κ1) is 22.6. The summed E-state index contributed by atoms with van der Waals surface area (Å²) in [5, 5.41) is 9.72. The molecule has 0 saturated carbocycles. The van der Waals surface area contributed by atoms with Crippen molar-refractivity contribution in [2.45, 2.75) is 21.9 Å². The number of anilines is 2. The number of thioether (sulfide) groups is 1. The third kappa shape index (κ3) is 4.21. The lowest BCUT2D eigenvalue weighted by atomic mass is 10.1. The number of para-hydroxylation sites is 3. The van der Waals surface area contributed by atoms with Crippen LogP contribution in [0.3, 0.4) is 0 Å². The number of aromatic nitrogens is 3. The summed E-state index contributed by atoms with van der Waals surface area (Å²) in [5.74, 6) is 0.983. The highest BCUT2D eigenvalue weighted by atomic mass is 32.2. The predicted octanol–water partition coefficient (Wildman–Crippen LogP) is 7.16. The molecule has 6 rings (SSSR count). The number of aryl methyl sites for hydroxylation is 1. The van der Waals surface area contributed by atoms with Gasteiger partial charge < -0.3 is 0 Å². The van der Waals surface area contributed by atoms with E-state index in [-0.39, 0.29) is 11.7 Å². The van der Waals surface area contributed by atoms with Gasteiger partial charge in [-0.2, -0.15) is 0 Å². The van der Waals surface area contributed by atoms with Crippen LogP contribution in [0.1, 0.15) is 5.56 Å². The molecule has 0 radical (unpaired) electrons. The van der Waals surface area contributed by atoms with Gasteiger partial charge in [-0.25, -0.2) is 0 Å². The van der Waals surface area contributed by atoms with Crippen molar-refractivity contribution in [1.29, 1.82) is 0 Å². The zero-order chi connectivity index (χ0) is 24.5. The number of carbonyl (C=O) groups is 1. The lowest BCUT2D eigenvalue weighted by molar-refractivity contribution is -0.115. The topological polar surface area (TPSA) is 51.0 Å². The number of hydrogen-bond donors (Lipinski definition) is 0. The molecule has 0 spiro atoms. The van der Waals surface area contributed by atoms with Crippen LogP contribution in [0.15, 0.2) is 118 Å². The molecule has 7 heteroatoms. The SMILES string of the molecule is Cc1cccc(-c2nnc(SCC(=O)N3c4ccccc4Sc4ccccc43)n2-c2ccccc2)c1. The van der Waals surface area contributed by atoms with Crippen molar-refractivity contribution in [2.24, 2.45) is 0 Å². The van der Waals surface area contributed by atoms with Gasteiger partial charge in [0.2, 0.25) is 5.91 Å². The molecule has 0 fully saturated rings. The summed E-state index contributed by atoms with van der Waals surface area (Å²) in [6.45, 7) is 2.06. The van der Waals surface area contributed by atoms with Gasteiger partial charge in [-0.05, 0) is 49.4 Å². The monoisotopic (exact) mass is 506 g/mol. The summed E-state index contributed by atoms with van der Waals surface area (Å²) in [7, 11) is 0. The Morgan fingerprint density at radius 2 is 1.47 bits per heavy atom. The van der Waals surface area contributed by atoms with Crippen molar-refractivity contribution >= 4 is 40.8 Å². The summed E-state index contributed by atoms with van der Waals surface area (Å²) in [6, 6.07) is 34.3. The van der Waals surface area contributed by atoms with Crippen LogP contribution in [-0.4, -0.2) is 26.4 Å². The van der Waals surface area contributed by atoms with Crippen LogP contribution < -0.4 is 4.90 Å². The average Bonchev–Trinajstić information content (AvgIpc) is 3.35. The van der Waals surface area contributed by atoms with Gasteiger partial charge in [0.05, 0.1) is 17.1 Å². The maximum atomic E-state index is 13.7. The molecule has 1 amide bonds. The zero-order valence-electron chi connectivity index (χ0n) is 19.5. The fourth-order valence-electron chi connectivity index (χ4n) is 4.31. The van der Waals surface area contributed by atoms with Crippen LogP contribution in [0.5, 0.6) is 0 Å². The number of nitrogens with zero attached hydrogens (tertiary/aromatic N) is 4. The Morgan fingerprint density at radius 1 is 0.806 bits per heavy atom. The summed E-state index contributed by atoms with van der Waals surface area (Å²) in [6.07, 6.45) is 0. The van der Waals surface area contributed by atoms with Crippen molar-refractivity contribution in [3.8, 4) is 17.1 Å². The number of carbonyl (C=O) groups excluding carboxylic acids is 1. The van der Waals surface area contributed by atoms with Crippen molar-refractivity contribution in [3.63, 3.8) is 0 Å². The van der Waals surface area contributed by atoms with Gasteiger partial charge in [-0.15, -0.1) is 10.2 Å². The molecule has 0 aliphatic carbocycles. The van der Waals surface area contributed by atoms with Gasteiger partial charge in [-0.3, -0.25) is 14.3 Å². The van der Waals surface area contributed by atoms with E-state index in [0.29, 0.717) is 5.16 Å². The zero-order valence-corrected chi connectivity index (χ0v) is 21.2. The van der Waals surface area contributed by atoms with Gasteiger partial charge in [0, 0.05) is 21.0 Å². The third-order valence-electron chi connectivity index (χ3n) is 5.93. The highest BCUT2D eigenvalue weighted by molar-refractivity contribution is 8.00. The van der Waals surface area contributed by atoms with E-state index in [1.165, 1.54) is 11.8 Å². The molecule has 5 nitrogen and oxygen atoms in total. The molecule has 2 heterocycles. The number of benzene rings is 4. The number of rotatable bonds is 5. The van der Waals surface area contributed by atoms with E-state index in [1.807, 2.05) is 88.3 Å². The van der Waals surface area contributed by atoms with Crippen molar-refractivity contribution in [3.05, 3.63) is 109 Å². The summed E-state index contributed by atoms with van der Waals surface area (Å²) in [5.41, 5.74) is 4.92. The van der Waals surface area contributed by atoms with Gasteiger partial charge in [-0.1, -0.05) is 89.8 Å². The second kappa shape index (κ2) is 9.68. The second-order valence-corrected chi connectivity index (χ2v) is 10.4. The molecule has 0 unspecified atom stereocenters. The van der Waals surface area contributed by atoms with Crippen LogP contribution in [0, 0.1) is 6.92 Å². The predicted molar refractivity (Wildman–Crippen MR) is 146 cm³/mol. The molecule has 0 saturated heterocycles. The molecule has 1 aliphatic rings. The fraction of sp³-hybridized carbons (Fsp3) is 0.0690. The van der Waals surface area contributed by atoms with Crippen LogP contribution in [0.25, 0.3) is 17.1 Å². The maximum absolute atomic E-state index is 13.7. The van der Waals surface area contributed by atoms with Gasteiger partial charge in [0.25, 0.3) is 0 Å². The minimum Gasteiger partial charge on any atom is -0.278 e. The van der Waals surface area contributed by atoms with E-state index in [9.17, 15) is 4.79 Å². The normalized spacial score (nSPS) is 12.2. The quantitative estimate of drug-likeness (QED) is 0.237. The van der Waals surface area contributed by atoms with Crippen LogP contribution in [0.4, 0.5) is 11.4 Å². The molecule has 0 bridgehead atoms. The lowest BCUT2D eigenvalue weighted by Crippen LogP contribution is -2.30. The fourth-order valence-corrected chi connectivity index (χ4v) is 6.17. The first-order valence-electron chi connectivity index (χ1n) is 11.6. The standard InChI is InChI=1S/C29H22N4OS2/c1-20-10-9-11-21(18-20)28-30-31-29(32(28)22-12-3-2-4-13-22)35-19-27(34)33-23-14-5-7-16-25(23)36-26-17-8-6-15-24(26)33/h2-18H,19H2,1H3. The molecule has 1 aromatic heterocycles. The Bertz CT molecular complexity index is 1520. The molecular formula is C29H22N4OS2. The molecule has 5 aromatic rings. The molecule has 176 valence electrons. The highest BCUT2D eigenvalue weighted by Crippen LogP contribution is 2.48. The average molecular weight is 507 g/mol. The van der Waals surface area contributed by atoms with Crippen LogP contribution >= 0.6 is 23.5 Å². The van der Waals surface area contributed by atoms with Gasteiger partial charge in [0.1, 0.15) is 0 Å². The summed E-state index contributed by atoms with van der Waals surface area (Å²) >= 11 is 3.10. The lowest BCUT2D eigenvalue weighted by Gasteiger charge is -2.30. The van der Waals surface area contributed by atoms with E-state index in [2.05, 4.69) is 41.4 Å². The number of fused-ring (bicyclic) bond motifs is 2. The second-order valence-electron chi connectivity index (χ2n) is 8.40. The van der Waals surface area contributed by atoms with E-state index >= 15 is 0 Å². The first-order valence-corrected chi connectivity index (χ1v) is 13.4. The molecule has 0 N–H and O–H groups in total. The Kier molecular flexibility index (Phi) is 6.09. The minimum atomic E-state index is -0.0000766. The van der Waals surface area contributed by atoms with Gasteiger partial charge in [0.15, 0.2) is 11.0 Å². The smallest absolute Gasteiger partial charge is 0.242 e. The van der Waals surface area contributed by atoms with Crippen molar-refractivity contribution in [2.75, 3.05) is 10.7 Å². The minimum absolute atomic E-state index is 0.0000766. The summed E-state index contributed by atoms with van der Waals surface area (Å²) < 4.78 is 2.03. The van der Waals surface area contributed by atoms with Crippen LogP contribution in [-0.2, 0) is 4.79 Å². The van der Waals surface area contributed by atoms with Crippen LogP contribution in [0.2, 0.25) is 0 Å². The highest BCUT2D eigenvalue weighted by Gasteiger charge is 2.28. The van der Waals surface area contributed by atoms with Crippen molar-refractivity contribution < 1.29 is 4.79 Å². The Morgan fingerprint density at radius 3 is 2.17 bits per heavy atom. The molecule has 1 aliphatic heterocycles. The van der Waals surface area contributed by atoms with E-state index < -0.39 is 0 Å². The van der Waals surface area contributed by atoms with E-state index in [0.717, 1.165) is 43.8 Å². The molecule has 36 heavy (non-hydrogen) atoms. The Labute approximate surface area is 218 Å². The third-order valence-corrected chi connectivity index (χ3v) is 7.97. The van der Waals surface area contributed by atoms with Gasteiger partial charge >= 0.3 is 0 Å². The van der Waals surface area contributed by atoms with E-state index in [1.54, 1.807) is 11.8 Å². The molecular weight excluding hydrogens is 484 g/mol. The number of hydrogen-bond acceptors (Lipinski definition) is 5. The van der Waals surface area contributed by atoms with Crippen molar-refractivity contribution in [1.82, 2.24) is 14.8 Å². The molecule has 4 aromatic carbocycles. The maximum Gasteiger partial charge on any atom is 0.242 e. The van der Waals surface area contributed by atoms with E-state index in [4.69, 9.17) is 0 Å². The molecule has 0 atom stereocenters. The summed E-state index contributed by atoms with van der Waals surface area (Å²) in [4.78, 5) is 17.7. The first-order chi connectivity index (χ1) is 17.7. The largest absolute Gasteiger partial charge is 0.278 e. The Balaban J connectivity index is 1.35. The number of amides is 1.